The molecule has 2 bridgehead atoms. The highest BCUT2D eigenvalue weighted by Crippen LogP contribution is 2.44. The van der Waals surface area contributed by atoms with E-state index in [1.54, 1.807) is 11.8 Å². The summed E-state index contributed by atoms with van der Waals surface area (Å²) in [5.74, 6) is 0.462. The predicted molar refractivity (Wildman–Crippen MR) is 90.7 cm³/mol. The Kier molecular flexibility index (Phi) is 4.50. The lowest BCUT2D eigenvalue weighted by Gasteiger charge is -2.31. The molecule has 1 heterocycles. The quantitative estimate of drug-likeness (QED) is 0.795. The summed E-state index contributed by atoms with van der Waals surface area (Å²) in [5.41, 5.74) is 1.00. The molecular weight excluding hydrogens is 302 g/mol. The number of hydrogen-bond donors (Lipinski definition) is 0. The first-order valence-corrected chi connectivity index (χ1v) is 8.71. The molecule has 1 aliphatic heterocycles. The minimum absolute atomic E-state index is 0.188. The first-order chi connectivity index (χ1) is 10.2. The number of thioether (sulfide) groups is 1. The Labute approximate surface area is 135 Å². The van der Waals surface area contributed by atoms with Crippen molar-refractivity contribution in [2.24, 2.45) is 5.92 Å². The molecule has 1 aliphatic carbocycles. The predicted octanol–water partition coefficient (Wildman–Crippen LogP) is 3.63. The minimum Gasteiger partial charge on any atom is -0.479 e. The number of rotatable bonds is 3. The molecule has 1 aromatic rings. The lowest BCUT2D eigenvalue weighted by Crippen LogP contribution is -2.39. The van der Waals surface area contributed by atoms with E-state index in [0.717, 1.165) is 24.9 Å². The zero-order valence-corrected chi connectivity index (χ0v) is 13.7. The molecule has 3 rings (SSSR count). The molecule has 2 aliphatic rings. The topological polar surface area (TPSA) is 29.5 Å². The molecule has 0 N–H and O–H groups in total. The Morgan fingerprint density at radius 2 is 2.14 bits per heavy atom. The molecule has 0 aromatic heterocycles. The summed E-state index contributed by atoms with van der Waals surface area (Å²) in [6.07, 6.45) is 2.94. The molecule has 1 amide bonds. The van der Waals surface area contributed by atoms with Gasteiger partial charge in [0.1, 0.15) is 0 Å². The van der Waals surface area contributed by atoms with Gasteiger partial charge in [-0.15, -0.1) is 0 Å². The van der Waals surface area contributed by atoms with Crippen LogP contribution in [0.4, 0.5) is 5.69 Å². The molecule has 1 saturated carbocycles. The summed E-state index contributed by atoms with van der Waals surface area (Å²) < 4.78 is 6.01. The number of amides is 1. The number of thiocarbonyl (C=S) groups is 1. The number of benzene rings is 1. The Hall–Kier alpha value is -1.07. The Balaban J connectivity index is 1.81. The summed E-state index contributed by atoms with van der Waals surface area (Å²) in [7, 11) is 0. The normalized spacial score (nSPS) is 27.8. The Morgan fingerprint density at radius 3 is 2.86 bits per heavy atom. The maximum atomic E-state index is 12.6. The van der Waals surface area contributed by atoms with Crippen LogP contribution in [0.1, 0.15) is 26.2 Å². The maximum absolute atomic E-state index is 12.6. The van der Waals surface area contributed by atoms with Crippen molar-refractivity contribution in [3.05, 3.63) is 30.3 Å². The molecule has 1 aromatic carbocycles. The van der Waals surface area contributed by atoms with Gasteiger partial charge in [0.25, 0.3) is 0 Å². The second-order valence-corrected chi connectivity index (χ2v) is 7.30. The summed E-state index contributed by atoms with van der Waals surface area (Å²) in [5, 5.41) is 0.340. The van der Waals surface area contributed by atoms with E-state index in [0.29, 0.717) is 16.2 Å². The molecule has 2 unspecified atom stereocenters. The third-order valence-electron chi connectivity index (χ3n) is 4.22. The van der Waals surface area contributed by atoms with E-state index in [-0.39, 0.29) is 17.9 Å². The van der Waals surface area contributed by atoms with E-state index in [1.165, 1.54) is 0 Å². The number of carbonyl (C=O) groups is 1. The number of para-hydroxylation sites is 1. The minimum atomic E-state index is 0.188. The van der Waals surface area contributed by atoms with Gasteiger partial charge in [0.2, 0.25) is 10.3 Å². The molecule has 1 saturated heterocycles. The van der Waals surface area contributed by atoms with Crippen LogP contribution in [0.15, 0.2) is 30.3 Å². The highest BCUT2D eigenvalue weighted by atomic mass is 32.2. The first kappa shape index (κ1) is 14.9. The largest absolute Gasteiger partial charge is 0.479 e. The van der Waals surface area contributed by atoms with Crippen LogP contribution in [-0.4, -0.2) is 28.2 Å². The van der Waals surface area contributed by atoms with Crippen LogP contribution in [0.25, 0.3) is 0 Å². The third-order valence-corrected chi connectivity index (χ3v) is 5.79. The molecule has 2 fully saturated rings. The van der Waals surface area contributed by atoms with Crippen molar-refractivity contribution in [2.45, 2.75) is 37.5 Å². The standard InChI is InChI=1S/C16H19NO2S2/c1-2-19-16(20)21-14-9-8-11-10-13(14)17(15(11)18)12-6-4-3-5-7-12/h3-7,11,13-14H,2,8-10H2,1H3/t11?,13?,14-/m0/s1. The summed E-state index contributed by atoms with van der Waals surface area (Å²) in [6.45, 7) is 2.55. The number of anilines is 1. The summed E-state index contributed by atoms with van der Waals surface area (Å²) in [4.78, 5) is 14.6. The van der Waals surface area contributed by atoms with Crippen LogP contribution in [-0.2, 0) is 9.53 Å². The van der Waals surface area contributed by atoms with Crippen molar-refractivity contribution < 1.29 is 9.53 Å². The average Bonchev–Trinajstić information content (AvgIpc) is 2.76. The number of nitrogens with zero attached hydrogens (tertiary/aromatic N) is 1. The highest BCUT2D eigenvalue weighted by molar-refractivity contribution is 8.23. The summed E-state index contributed by atoms with van der Waals surface area (Å²) in [6, 6.07) is 10.2. The van der Waals surface area contributed by atoms with Gasteiger partial charge < -0.3 is 9.64 Å². The van der Waals surface area contributed by atoms with Gasteiger partial charge in [0, 0.05) is 16.9 Å². The second kappa shape index (κ2) is 6.36. The van der Waals surface area contributed by atoms with E-state index < -0.39 is 0 Å². The molecule has 0 radical (unpaired) electrons. The lowest BCUT2D eigenvalue weighted by atomic mass is 9.90. The van der Waals surface area contributed by atoms with E-state index in [2.05, 4.69) is 0 Å². The Bertz CT molecular complexity index is 534. The fraction of sp³-hybridized carbons (Fsp3) is 0.500. The van der Waals surface area contributed by atoms with Crippen LogP contribution in [0.3, 0.4) is 0 Å². The summed E-state index contributed by atoms with van der Waals surface area (Å²) >= 11 is 6.89. The third kappa shape index (κ3) is 2.94. The van der Waals surface area contributed by atoms with E-state index in [4.69, 9.17) is 17.0 Å². The van der Waals surface area contributed by atoms with Gasteiger partial charge in [-0.05, 0) is 50.5 Å². The second-order valence-electron chi connectivity index (χ2n) is 5.46. The SMILES string of the molecule is CCOC(=S)S[C@H]1CCC2CC1N(c1ccccc1)C2=O. The van der Waals surface area contributed by atoms with E-state index in [1.807, 2.05) is 42.2 Å². The van der Waals surface area contributed by atoms with Crippen LogP contribution in [0.2, 0.25) is 0 Å². The Morgan fingerprint density at radius 1 is 1.38 bits per heavy atom. The van der Waals surface area contributed by atoms with Crippen molar-refractivity contribution in [2.75, 3.05) is 11.5 Å². The van der Waals surface area contributed by atoms with Gasteiger partial charge >= 0.3 is 0 Å². The molecule has 0 spiro atoms. The number of ether oxygens (including phenoxy) is 1. The molecule has 3 nitrogen and oxygen atoms in total. The molecule has 3 atom stereocenters. The molecule has 21 heavy (non-hydrogen) atoms. The van der Waals surface area contributed by atoms with Crippen LogP contribution >= 0.6 is 24.0 Å². The van der Waals surface area contributed by atoms with Crippen molar-refractivity contribution in [3.63, 3.8) is 0 Å². The zero-order chi connectivity index (χ0) is 14.8. The van der Waals surface area contributed by atoms with Crippen molar-refractivity contribution in [3.8, 4) is 0 Å². The van der Waals surface area contributed by atoms with E-state index in [9.17, 15) is 4.79 Å². The molecule has 112 valence electrons. The van der Waals surface area contributed by atoms with Gasteiger partial charge in [-0.25, -0.2) is 0 Å². The fourth-order valence-electron chi connectivity index (χ4n) is 3.30. The smallest absolute Gasteiger partial charge is 0.230 e. The number of fused-ring (bicyclic) bond motifs is 2. The maximum Gasteiger partial charge on any atom is 0.230 e. The van der Waals surface area contributed by atoms with Crippen LogP contribution in [0, 0.1) is 5.92 Å². The monoisotopic (exact) mass is 321 g/mol. The van der Waals surface area contributed by atoms with Gasteiger partial charge in [-0.2, -0.15) is 0 Å². The van der Waals surface area contributed by atoms with Crippen LogP contribution < -0.4 is 4.90 Å². The lowest BCUT2D eigenvalue weighted by molar-refractivity contribution is -0.120. The van der Waals surface area contributed by atoms with Gasteiger partial charge in [-0.3, -0.25) is 4.79 Å². The van der Waals surface area contributed by atoms with Crippen molar-refractivity contribution >= 4 is 40.0 Å². The zero-order valence-electron chi connectivity index (χ0n) is 12.0. The highest BCUT2D eigenvalue weighted by Gasteiger charge is 2.47. The number of hydrogen-bond acceptors (Lipinski definition) is 4. The fourth-order valence-corrected chi connectivity index (χ4v) is 4.86. The van der Waals surface area contributed by atoms with Gasteiger partial charge in [-0.1, -0.05) is 30.0 Å². The van der Waals surface area contributed by atoms with Crippen molar-refractivity contribution in [1.29, 1.82) is 0 Å². The van der Waals surface area contributed by atoms with E-state index >= 15 is 0 Å². The molecule has 5 heteroatoms. The van der Waals surface area contributed by atoms with Crippen molar-refractivity contribution in [1.82, 2.24) is 0 Å². The van der Waals surface area contributed by atoms with Gasteiger partial charge in [0.15, 0.2) is 0 Å². The van der Waals surface area contributed by atoms with Gasteiger partial charge in [0.05, 0.1) is 12.6 Å². The average molecular weight is 321 g/mol. The first-order valence-electron chi connectivity index (χ1n) is 7.42. The number of carbonyl (C=O) groups excluding carboxylic acids is 1. The van der Waals surface area contributed by atoms with Crippen LogP contribution in [0.5, 0.6) is 0 Å². The molecular formula is C16H19NO2S2.